The van der Waals surface area contributed by atoms with Gasteiger partial charge >= 0.3 is 0 Å². The maximum atomic E-state index is 4.65. The van der Waals surface area contributed by atoms with Crippen LogP contribution in [0.3, 0.4) is 0 Å². The second kappa shape index (κ2) is 5.91. The molecular weight excluding hydrogens is 214 g/mol. The Morgan fingerprint density at radius 2 is 1.88 bits per heavy atom. The molecule has 2 heterocycles. The summed E-state index contributed by atoms with van der Waals surface area (Å²) in [4.78, 5) is 6.88. The van der Waals surface area contributed by atoms with Gasteiger partial charge in [0.15, 0.2) is 0 Å². The summed E-state index contributed by atoms with van der Waals surface area (Å²) in [6, 6.07) is 0. The molecule has 0 unspecified atom stereocenters. The van der Waals surface area contributed by atoms with E-state index in [1.807, 2.05) is 0 Å². The lowest BCUT2D eigenvalue weighted by Gasteiger charge is -2.20. The summed E-state index contributed by atoms with van der Waals surface area (Å²) in [6.45, 7) is 8.29. The quantitative estimate of drug-likeness (QED) is 0.839. The van der Waals surface area contributed by atoms with Gasteiger partial charge in [-0.15, -0.1) is 5.10 Å². The third-order valence-electron chi connectivity index (χ3n) is 3.12. The molecule has 0 radical (unpaired) electrons. The molecule has 1 N–H and O–H groups in total. The molecule has 5 nitrogen and oxygen atoms in total. The van der Waals surface area contributed by atoms with Crippen LogP contribution in [0.5, 0.6) is 0 Å². The van der Waals surface area contributed by atoms with Crippen molar-refractivity contribution in [2.45, 2.75) is 33.1 Å². The summed E-state index contributed by atoms with van der Waals surface area (Å²) in [6.07, 6.45) is 2.98. The van der Waals surface area contributed by atoms with Crippen molar-refractivity contribution in [2.75, 3.05) is 31.1 Å². The highest BCUT2D eigenvalue weighted by Crippen LogP contribution is 2.11. The SMILES string of the molecule is CCc1nnc(N2CCCNCC2)nc1CC. The first-order valence-corrected chi connectivity index (χ1v) is 6.53. The number of aromatic nitrogens is 3. The smallest absolute Gasteiger partial charge is 0.245 e. The second-order valence-electron chi connectivity index (χ2n) is 4.30. The van der Waals surface area contributed by atoms with Gasteiger partial charge in [0.25, 0.3) is 0 Å². The lowest BCUT2D eigenvalue weighted by atomic mass is 10.2. The molecule has 1 aromatic heterocycles. The molecule has 0 spiro atoms. The summed E-state index contributed by atoms with van der Waals surface area (Å²) < 4.78 is 0. The van der Waals surface area contributed by atoms with Gasteiger partial charge in [-0.25, -0.2) is 4.98 Å². The summed E-state index contributed by atoms with van der Waals surface area (Å²) >= 11 is 0. The third-order valence-corrected chi connectivity index (χ3v) is 3.12. The topological polar surface area (TPSA) is 53.9 Å². The average molecular weight is 235 g/mol. The highest BCUT2D eigenvalue weighted by Gasteiger charge is 2.14. The maximum absolute atomic E-state index is 4.65. The fraction of sp³-hybridized carbons (Fsp3) is 0.750. The Morgan fingerprint density at radius 3 is 2.65 bits per heavy atom. The van der Waals surface area contributed by atoms with Gasteiger partial charge in [0, 0.05) is 19.6 Å². The van der Waals surface area contributed by atoms with Crippen molar-refractivity contribution in [1.29, 1.82) is 0 Å². The Balaban J connectivity index is 2.19. The zero-order chi connectivity index (χ0) is 12.1. The molecule has 1 saturated heterocycles. The van der Waals surface area contributed by atoms with Gasteiger partial charge in [0.05, 0.1) is 11.4 Å². The van der Waals surface area contributed by atoms with Gasteiger partial charge in [-0.2, -0.15) is 5.10 Å². The van der Waals surface area contributed by atoms with Crippen molar-refractivity contribution in [3.8, 4) is 0 Å². The van der Waals surface area contributed by atoms with Crippen molar-refractivity contribution in [3.05, 3.63) is 11.4 Å². The first kappa shape index (κ1) is 12.2. The van der Waals surface area contributed by atoms with Crippen LogP contribution in [0.4, 0.5) is 5.95 Å². The highest BCUT2D eigenvalue weighted by atomic mass is 15.3. The zero-order valence-electron chi connectivity index (χ0n) is 10.7. The molecule has 94 valence electrons. The lowest BCUT2D eigenvalue weighted by molar-refractivity contribution is 0.723. The average Bonchev–Trinajstić information content (AvgIpc) is 2.66. The minimum atomic E-state index is 0.794. The lowest BCUT2D eigenvalue weighted by Crippen LogP contribution is -2.30. The van der Waals surface area contributed by atoms with Crippen molar-refractivity contribution in [1.82, 2.24) is 20.5 Å². The number of aryl methyl sites for hydroxylation is 2. The summed E-state index contributed by atoms with van der Waals surface area (Å²) in [5.74, 6) is 0.794. The number of anilines is 1. The molecule has 1 fully saturated rings. The van der Waals surface area contributed by atoms with Gasteiger partial charge in [-0.1, -0.05) is 13.8 Å². The van der Waals surface area contributed by atoms with E-state index in [-0.39, 0.29) is 0 Å². The Morgan fingerprint density at radius 1 is 1.06 bits per heavy atom. The van der Waals surface area contributed by atoms with E-state index in [0.717, 1.165) is 62.8 Å². The Labute approximate surface area is 103 Å². The zero-order valence-corrected chi connectivity index (χ0v) is 10.7. The first-order valence-electron chi connectivity index (χ1n) is 6.53. The summed E-state index contributed by atoms with van der Waals surface area (Å²) in [7, 11) is 0. The minimum Gasteiger partial charge on any atom is -0.338 e. The molecule has 0 atom stereocenters. The number of nitrogens with zero attached hydrogens (tertiary/aromatic N) is 4. The Bertz CT molecular complexity index is 358. The van der Waals surface area contributed by atoms with Gasteiger partial charge in [-0.3, -0.25) is 0 Å². The van der Waals surface area contributed by atoms with E-state index >= 15 is 0 Å². The van der Waals surface area contributed by atoms with E-state index in [1.54, 1.807) is 0 Å². The molecule has 0 aliphatic carbocycles. The van der Waals surface area contributed by atoms with E-state index in [9.17, 15) is 0 Å². The van der Waals surface area contributed by atoms with Crippen LogP contribution in [0, 0.1) is 0 Å². The van der Waals surface area contributed by atoms with E-state index in [1.165, 1.54) is 0 Å². The molecule has 1 aliphatic rings. The summed E-state index contributed by atoms with van der Waals surface area (Å²) in [5, 5.41) is 11.9. The number of hydrogen-bond donors (Lipinski definition) is 1. The van der Waals surface area contributed by atoms with Crippen LogP contribution < -0.4 is 10.2 Å². The van der Waals surface area contributed by atoms with Crippen LogP contribution >= 0.6 is 0 Å². The van der Waals surface area contributed by atoms with Crippen LogP contribution in [0.1, 0.15) is 31.7 Å². The van der Waals surface area contributed by atoms with Crippen LogP contribution in [0.25, 0.3) is 0 Å². The largest absolute Gasteiger partial charge is 0.338 e. The van der Waals surface area contributed by atoms with Crippen LogP contribution in [-0.2, 0) is 12.8 Å². The molecule has 0 bridgehead atoms. The van der Waals surface area contributed by atoms with Gasteiger partial charge in [0.2, 0.25) is 5.95 Å². The molecule has 1 aliphatic heterocycles. The number of hydrogen-bond acceptors (Lipinski definition) is 5. The van der Waals surface area contributed by atoms with Crippen molar-refractivity contribution >= 4 is 5.95 Å². The standard InChI is InChI=1S/C12H21N5/c1-3-10-11(4-2)15-16-12(14-10)17-8-5-6-13-7-9-17/h13H,3-9H2,1-2H3. The molecule has 0 saturated carbocycles. The van der Waals surface area contributed by atoms with Crippen molar-refractivity contribution in [3.63, 3.8) is 0 Å². The van der Waals surface area contributed by atoms with E-state index < -0.39 is 0 Å². The summed E-state index contributed by atoms with van der Waals surface area (Å²) in [5.41, 5.74) is 2.12. The molecule has 1 aromatic rings. The van der Waals surface area contributed by atoms with Gasteiger partial charge < -0.3 is 10.2 Å². The van der Waals surface area contributed by atoms with Crippen molar-refractivity contribution < 1.29 is 0 Å². The highest BCUT2D eigenvalue weighted by molar-refractivity contribution is 5.30. The first-order chi connectivity index (χ1) is 8.35. The van der Waals surface area contributed by atoms with Gasteiger partial charge in [0.1, 0.15) is 0 Å². The van der Waals surface area contributed by atoms with Gasteiger partial charge in [-0.05, 0) is 25.8 Å². The Kier molecular flexibility index (Phi) is 4.25. The normalized spacial score (nSPS) is 16.9. The van der Waals surface area contributed by atoms with E-state index in [0.29, 0.717) is 0 Å². The number of rotatable bonds is 3. The minimum absolute atomic E-state index is 0.794. The fourth-order valence-electron chi connectivity index (χ4n) is 2.11. The third kappa shape index (κ3) is 2.91. The number of nitrogens with one attached hydrogen (secondary N) is 1. The predicted molar refractivity (Wildman–Crippen MR) is 68.3 cm³/mol. The Hall–Kier alpha value is -1.23. The van der Waals surface area contributed by atoms with E-state index in [2.05, 4.69) is 39.2 Å². The molecule has 0 aromatic carbocycles. The second-order valence-corrected chi connectivity index (χ2v) is 4.30. The van der Waals surface area contributed by atoms with Crippen LogP contribution in [0.15, 0.2) is 0 Å². The molecule has 2 rings (SSSR count). The van der Waals surface area contributed by atoms with Crippen LogP contribution in [0.2, 0.25) is 0 Å². The van der Waals surface area contributed by atoms with Crippen LogP contribution in [-0.4, -0.2) is 41.4 Å². The predicted octanol–water partition coefficient (Wildman–Crippen LogP) is 0.796. The molecule has 17 heavy (non-hydrogen) atoms. The molecule has 5 heteroatoms. The molecular formula is C12H21N5. The van der Waals surface area contributed by atoms with E-state index in [4.69, 9.17) is 0 Å². The monoisotopic (exact) mass is 235 g/mol. The fourth-order valence-corrected chi connectivity index (χ4v) is 2.11. The molecule has 0 amide bonds. The van der Waals surface area contributed by atoms with Crippen molar-refractivity contribution in [2.24, 2.45) is 0 Å². The maximum Gasteiger partial charge on any atom is 0.245 e.